The summed E-state index contributed by atoms with van der Waals surface area (Å²) in [5.41, 5.74) is 2.57. The van der Waals surface area contributed by atoms with Crippen LogP contribution in [0.2, 0.25) is 0 Å². The van der Waals surface area contributed by atoms with Gasteiger partial charge < -0.3 is 9.73 Å². The molecule has 0 aliphatic rings. The summed E-state index contributed by atoms with van der Waals surface area (Å²) in [5, 5.41) is 2.80. The smallest absolute Gasteiger partial charge is 0.258 e. The largest absolute Gasteiger partial charge is 0.472 e. The van der Waals surface area contributed by atoms with E-state index in [0.29, 0.717) is 5.56 Å². The summed E-state index contributed by atoms with van der Waals surface area (Å²) >= 11 is 0. The van der Waals surface area contributed by atoms with Gasteiger partial charge in [0.1, 0.15) is 6.26 Å². The molecule has 0 atom stereocenters. The van der Waals surface area contributed by atoms with E-state index < -0.39 is 0 Å². The predicted molar refractivity (Wildman–Crippen MR) is 62.5 cm³/mol. The Morgan fingerprint density at radius 2 is 2.00 bits per heavy atom. The summed E-state index contributed by atoms with van der Waals surface area (Å²) < 4.78 is 4.85. The van der Waals surface area contributed by atoms with E-state index in [4.69, 9.17) is 4.42 Å². The van der Waals surface area contributed by atoms with Crippen LogP contribution < -0.4 is 5.32 Å². The van der Waals surface area contributed by atoms with Gasteiger partial charge in [0.25, 0.3) is 5.91 Å². The first-order chi connectivity index (χ1) is 7.79. The molecule has 1 amide bonds. The fraction of sp³-hybridized carbons (Fsp3) is 0.154. The Hall–Kier alpha value is -2.03. The summed E-state index contributed by atoms with van der Waals surface area (Å²) in [5.74, 6) is -0.155. The number of hydrogen-bond donors (Lipinski definition) is 1. The monoisotopic (exact) mass is 215 g/mol. The summed E-state index contributed by atoms with van der Waals surface area (Å²) in [7, 11) is 0. The molecule has 82 valence electrons. The van der Waals surface area contributed by atoms with Gasteiger partial charge in [-0.3, -0.25) is 4.79 Å². The van der Waals surface area contributed by atoms with Gasteiger partial charge in [0.05, 0.1) is 11.8 Å². The molecule has 2 aromatic rings. The molecular weight excluding hydrogens is 202 g/mol. The van der Waals surface area contributed by atoms with Crippen molar-refractivity contribution in [2.24, 2.45) is 0 Å². The van der Waals surface area contributed by atoms with E-state index in [1.165, 1.54) is 18.1 Å². The van der Waals surface area contributed by atoms with Crippen LogP contribution in [0.4, 0.5) is 5.69 Å². The molecule has 0 aliphatic carbocycles. The minimum Gasteiger partial charge on any atom is -0.472 e. The molecule has 0 saturated heterocycles. The third-order valence-corrected chi connectivity index (χ3v) is 2.40. The maximum Gasteiger partial charge on any atom is 0.258 e. The molecule has 16 heavy (non-hydrogen) atoms. The molecular formula is C13H13NO2. The van der Waals surface area contributed by atoms with E-state index in [2.05, 4.69) is 12.2 Å². The first-order valence-corrected chi connectivity index (χ1v) is 5.22. The zero-order valence-corrected chi connectivity index (χ0v) is 9.07. The Balaban J connectivity index is 2.06. The van der Waals surface area contributed by atoms with Gasteiger partial charge in [0.15, 0.2) is 0 Å². The SMILES string of the molecule is CCc1ccc(NC(=O)c2ccoc2)cc1. The number of carbonyl (C=O) groups is 1. The lowest BCUT2D eigenvalue weighted by Gasteiger charge is -2.04. The molecule has 0 bridgehead atoms. The van der Waals surface area contributed by atoms with Gasteiger partial charge in [-0.15, -0.1) is 0 Å². The number of aryl methyl sites for hydroxylation is 1. The molecule has 2 rings (SSSR count). The second-order valence-electron chi connectivity index (χ2n) is 3.52. The molecule has 3 nitrogen and oxygen atoms in total. The molecule has 0 saturated carbocycles. The van der Waals surface area contributed by atoms with Crippen LogP contribution in [0.25, 0.3) is 0 Å². The van der Waals surface area contributed by atoms with Gasteiger partial charge >= 0.3 is 0 Å². The normalized spacial score (nSPS) is 10.1. The van der Waals surface area contributed by atoms with Crippen LogP contribution in [0.1, 0.15) is 22.8 Å². The quantitative estimate of drug-likeness (QED) is 0.854. The van der Waals surface area contributed by atoms with Gasteiger partial charge in [0.2, 0.25) is 0 Å². The molecule has 1 N–H and O–H groups in total. The lowest BCUT2D eigenvalue weighted by atomic mass is 10.1. The first kappa shape index (κ1) is 10.5. The minimum atomic E-state index is -0.155. The van der Waals surface area contributed by atoms with Crippen molar-refractivity contribution in [1.29, 1.82) is 0 Å². The third kappa shape index (κ3) is 2.31. The second-order valence-corrected chi connectivity index (χ2v) is 3.52. The van der Waals surface area contributed by atoms with Crippen molar-refractivity contribution in [1.82, 2.24) is 0 Å². The summed E-state index contributed by atoms with van der Waals surface area (Å²) in [6.45, 7) is 2.10. The van der Waals surface area contributed by atoms with Gasteiger partial charge in [-0.25, -0.2) is 0 Å². The number of anilines is 1. The lowest BCUT2D eigenvalue weighted by Crippen LogP contribution is -2.10. The molecule has 1 heterocycles. The van der Waals surface area contributed by atoms with E-state index in [9.17, 15) is 4.79 Å². The number of amides is 1. The Bertz CT molecular complexity index is 457. The van der Waals surface area contributed by atoms with Crippen LogP contribution in [0.5, 0.6) is 0 Å². The number of rotatable bonds is 3. The standard InChI is InChI=1S/C13H13NO2/c1-2-10-3-5-12(6-4-10)14-13(15)11-7-8-16-9-11/h3-9H,2H2,1H3,(H,14,15). The molecule has 1 aromatic heterocycles. The molecule has 0 unspecified atom stereocenters. The molecule has 0 aliphatic heterocycles. The van der Waals surface area contributed by atoms with E-state index in [1.54, 1.807) is 6.07 Å². The van der Waals surface area contributed by atoms with E-state index in [1.807, 2.05) is 24.3 Å². The van der Waals surface area contributed by atoms with Crippen molar-refractivity contribution in [3.05, 3.63) is 54.0 Å². The van der Waals surface area contributed by atoms with E-state index >= 15 is 0 Å². The summed E-state index contributed by atoms with van der Waals surface area (Å²) in [4.78, 5) is 11.7. The van der Waals surface area contributed by atoms with Crippen LogP contribution in [0.3, 0.4) is 0 Å². The van der Waals surface area contributed by atoms with Crippen LogP contribution >= 0.6 is 0 Å². The van der Waals surface area contributed by atoms with Crippen molar-refractivity contribution in [3.63, 3.8) is 0 Å². The van der Waals surface area contributed by atoms with Gasteiger partial charge in [-0.1, -0.05) is 19.1 Å². The predicted octanol–water partition coefficient (Wildman–Crippen LogP) is 3.09. The number of carbonyl (C=O) groups excluding carboxylic acids is 1. The zero-order chi connectivity index (χ0) is 11.4. The van der Waals surface area contributed by atoms with Gasteiger partial charge in [-0.05, 0) is 30.2 Å². The highest BCUT2D eigenvalue weighted by Gasteiger charge is 2.06. The topological polar surface area (TPSA) is 42.2 Å². The number of hydrogen-bond acceptors (Lipinski definition) is 2. The van der Waals surface area contributed by atoms with Crippen LogP contribution in [0, 0.1) is 0 Å². The fourth-order valence-electron chi connectivity index (χ4n) is 1.42. The molecule has 3 heteroatoms. The average molecular weight is 215 g/mol. The number of benzene rings is 1. The molecule has 0 radical (unpaired) electrons. The van der Waals surface area contributed by atoms with Crippen molar-refractivity contribution >= 4 is 11.6 Å². The van der Waals surface area contributed by atoms with Crippen molar-refractivity contribution < 1.29 is 9.21 Å². The molecule has 0 fully saturated rings. The van der Waals surface area contributed by atoms with E-state index in [-0.39, 0.29) is 5.91 Å². The summed E-state index contributed by atoms with van der Waals surface area (Å²) in [6.07, 6.45) is 3.90. The van der Waals surface area contributed by atoms with Crippen molar-refractivity contribution in [2.75, 3.05) is 5.32 Å². The maximum atomic E-state index is 11.7. The Kier molecular flexibility index (Phi) is 3.05. The van der Waals surface area contributed by atoms with Crippen molar-refractivity contribution in [2.45, 2.75) is 13.3 Å². The van der Waals surface area contributed by atoms with Crippen LogP contribution in [-0.4, -0.2) is 5.91 Å². The summed E-state index contributed by atoms with van der Waals surface area (Å²) in [6, 6.07) is 9.44. The average Bonchev–Trinajstić information content (AvgIpc) is 2.83. The first-order valence-electron chi connectivity index (χ1n) is 5.22. The highest BCUT2D eigenvalue weighted by molar-refractivity contribution is 6.03. The second kappa shape index (κ2) is 4.66. The highest BCUT2D eigenvalue weighted by Crippen LogP contribution is 2.11. The fourth-order valence-corrected chi connectivity index (χ4v) is 1.42. The van der Waals surface area contributed by atoms with Crippen LogP contribution in [0.15, 0.2) is 47.3 Å². The Morgan fingerprint density at radius 1 is 1.25 bits per heavy atom. The zero-order valence-electron chi connectivity index (χ0n) is 9.07. The highest BCUT2D eigenvalue weighted by atomic mass is 16.3. The van der Waals surface area contributed by atoms with Crippen molar-refractivity contribution in [3.8, 4) is 0 Å². The minimum absolute atomic E-state index is 0.155. The van der Waals surface area contributed by atoms with Crippen LogP contribution in [-0.2, 0) is 6.42 Å². The third-order valence-electron chi connectivity index (χ3n) is 2.40. The molecule has 1 aromatic carbocycles. The molecule has 0 spiro atoms. The number of furan rings is 1. The number of nitrogens with one attached hydrogen (secondary N) is 1. The Labute approximate surface area is 94.1 Å². The van der Waals surface area contributed by atoms with Gasteiger partial charge in [0, 0.05) is 5.69 Å². The van der Waals surface area contributed by atoms with Gasteiger partial charge in [-0.2, -0.15) is 0 Å². The maximum absolute atomic E-state index is 11.7. The Morgan fingerprint density at radius 3 is 2.56 bits per heavy atom. The van der Waals surface area contributed by atoms with E-state index in [0.717, 1.165) is 12.1 Å². The lowest BCUT2D eigenvalue weighted by molar-refractivity contribution is 0.102.